The molecular weight excluding hydrogens is 413 g/mol. The fourth-order valence-corrected chi connectivity index (χ4v) is 4.15. The number of aromatic nitrogens is 4. The van der Waals surface area contributed by atoms with Gasteiger partial charge in [-0.1, -0.05) is 6.07 Å². The Morgan fingerprint density at radius 3 is 2.75 bits per heavy atom. The van der Waals surface area contributed by atoms with E-state index in [0.717, 1.165) is 36.1 Å². The molecule has 0 bridgehead atoms. The molecule has 1 amide bonds. The Hall–Kier alpha value is -3.79. The first-order chi connectivity index (χ1) is 15.5. The molecule has 10 heteroatoms. The Labute approximate surface area is 182 Å². The van der Waals surface area contributed by atoms with E-state index in [2.05, 4.69) is 25.2 Å². The number of amides is 1. The van der Waals surface area contributed by atoms with E-state index in [1.165, 1.54) is 17.5 Å². The number of piperazine rings is 1. The summed E-state index contributed by atoms with van der Waals surface area (Å²) in [7, 11) is 1.49. The van der Waals surface area contributed by atoms with Crippen LogP contribution in [0.1, 0.15) is 16.1 Å². The molecule has 32 heavy (non-hydrogen) atoms. The molecule has 4 heterocycles. The first kappa shape index (κ1) is 20.1. The molecule has 0 spiro atoms. The van der Waals surface area contributed by atoms with Crippen molar-refractivity contribution in [2.75, 3.05) is 38.1 Å². The number of pyridine rings is 1. The number of carbonyl (C=O) groups excluding carboxylic acids is 1. The van der Waals surface area contributed by atoms with Gasteiger partial charge in [0.1, 0.15) is 11.3 Å². The van der Waals surface area contributed by atoms with Crippen LogP contribution in [0.15, 0.2) is 47.5 Å². The molecule has 164 valence electrons. The number of nitrogens with zero attached hydrogens (tertiary/aromatic N) is 5. The SMILES string of the molecule is CNC(=O)c1ccc(N2CCN(Cc3ccc4c(c3)[nH]c(=O)n3ccnc43)CC2)c(F)n1. The minimum absolute atomic E-state index is 0.0642. The number of H-pyrrole nitrogens is 1. The third-order valence-corrected chi connectivity index (χ3v) is 5.83. The highest BCUT2D eigenvalue weighted by molar-refractivity contribution is 5.92. The molecule has 0 radical (unpaired) electrons. The summed E-state index contributed by atoms with van der Waals surface area (Å²) in [6.07, 6.45) is 3.26. The maximum atomic E-state index is 14.5. The molecule has 0 atom stereocenters. The van der Waals surface area contributed by atoms with Gasteiger partial charge < -0.3 is 15.2 Å². The van der Waals surface area contributed by atoms with Gasteiger partial charge in [0.2, 0.25) is 5.95 Å². The van der Waals surface area contributed by atoms with E-state index in [1.807, 2.05) is 23.1 Å². The molecule has 1 aliphatic heterocycles. The maximum Gasteiger partial charge on any atom is 0.331 e. The van der Waals surface area contributed by atoms with Crippen LogP contribution in [0, 0.1) is 5.95 Å². The Morgan fingerprint density at radius 1 is 1.19 bits per heavy atom. The van der Waals surface area contributed by atoms with Crippen molar-refractivity contribution in [3.05, 3.63) is 70.4 Å². The zero-order valence-corrected chi connectivity index (χ0v) is 17.5. The summed E-state index contributed by atoms with van der Waals surface area (Å²) < 4.78 is 16.0. The average molecular weight is 435 g/mol. The number of rotatable bonds is 4. The number of hydrogen-bond acceptors (Lipinski definition) is 6. The molecule has 0 saturated carbocycles. The quantitative estimate of drug-likeness (QED) is 0.470. The second-order valence-electron chi connectivity index (χ2n) is 7.78. The number of hydrogen-bond donors (Lipinski definition) is 2. The lowest BCUT2D eigenvalue weighted by Crippen LogP contribution is -2.46. The lowest BCUT2D eigenvalue weighted by molar-refractivity contribution is 0.0957. The standard InChI is InChI=1S/C22H22FN7O2/c1-24-21(31)16-4-5-18(19(23)26-16)29-10-8-28(9-11-29)13-14-2-3-15-17(12-14)27-22(32)30-7-6-25-20(15)30/h2-7,12H,8-11,13H2,1H3,(H,24,31)(H,27,32). The number of aromatic amines is 1. The number of imidazole rings is 1. The van der Waals surface area contributed by atoms with Gasteiger partial charge in [-0.3, -0.25) is 14.1 Å². The van der Waals surface area contributed by atoms with Crippen molar-refractivity contribution >= 4 is 28.1 Å². The van der Waals surface area contributed by atoms with Gasteiger partial charge in [-0.2, -0.15) is 4.39 Å². The number of anilines is 1. The summed E-state index contributed by atoms with van der Waals surface area (Å²) in [5.74, 6) is -1.05. The Kier molecular flexibility index (Phi) is 5.06. The van der Waals surface area contributed by atoms with Crippen molar-refractivity contribution in [1.82, 2.24) is 29.6 Å². The third-order valence-electron chi connectivity index (χ3n) is 5.83. The molecule has 9 nitrogen and oxygen atoms in total. The molecule has 3 aromatic heterocycles. The van der Waals surface area contributed by atoms with E-state index in [-0.39, 0.29) is 11.4 Å². The third kappa shape index (κ3) is 3.58. The first-order valence-electron chi connectivity index (χ1n) is 10.4. The smallest absolute Gasteiger partial charge is 0.331 e. The molecule has 2 N–H and O–H groups in total. The van der Waals surface area contributed by atoms with Crippen LogP contribution >= 0.6 is 0 Å². The van der Waals surface area contributed by atoms with Crippen molar-refractivity contribution in [3.63, 3.8) is 0 Å². The average Bonchev–Trinajstić information content (AvgIpc) is 3.30. The largest absolute Gasteiger partial charge is 0.365 e. The van der Waals surface area contributed by atoms with E-state index in [4.69, 9.17) is 0 Å². The number of halogens is 1. The minimum Gasteiger partial charge on any atom is -0.365 e. The molecular formula is C22H22FN7O2. The van der Waals surface area contributed by atoms with Crippen LogP contribution in [0.5, 0.6) is 0 Å². The van der Waals surface area contributed by atoms with Crippen molar-refractivity contribution in [3.8, 4) is 0 Å². The van der Waals surface area contributed by atoms with Gasteiger partial charge in [-0.25, -0.2) is 14.8 Å². The van der Waals surface area contributed by atoms with Crippen molar-refractivity contribution in [1.29, 1.82) is 0 Å². The molecule has 0 unspecified atom stereocenters. The second kappa shape index (κ2) is 8.04. The predicted molar refractivity (Wildman–Crippen MR) is 118 cm³/mol. The highest BCUT2D eigenvalue weighted by Crippen LogP contribution is 2.22. The van der Waals surface area contributed by atoms with Crippen LogP contribution in [0.2, 0.25) is 0 Å². The van der Waals surface area contributed by atoms with E-state index in [9.17, 15) is 14.0 Å². The highest BCUT2D eigenvalue weighted by atomic mass is 19.1. The number of nitrogens with one attached hydrogen (secondary N) is 2. The summed E-state index contributed by atoms with van der Waals surface area (Å²) in [5.41, 5.74) is 2.74. The van der Waals surface area contributed by atoms with Crippen LogP contribution in [0.3, 0.4) is 0 Å². The minimum atomic E-state index is -0.636. The van der Waals surface area contributed by atoms with Crippen LogP contribution in [0.25, 0.3) is 16.6 Å². The normalized spacial score (nSPS) is 14.9. The van der Waals surface area contributed by atoms with Crippen LogP contribution in [-0.2, 0) is 6.54 Å². The van der Waals surface area contributed by atoms with E-state index < -0.39 is 11.9 Å². The zero-order chi connectivity index (χ0) is 22.2. The fraction of sp³-hybridized carbons (Fsp3) is 0.273. The lowest BCUT2D eigenvalue weighted by Gasteiger charge is -2.36. The predicted octanol–water partition coefficient (Wildman–Crippen LogP) is 1.39. The van der Waals surface area contributed by atoms with Gasteiger partial charge in [0.05, 0.1) is 11.2 Å². The van der Waals surface area contributed by atoms with Crippen LogP contribution in [-0.4, -0.2) is 63.4 Å². The zero-order valence-electron chi connectivity index (χ0n) is 17.5. The summed E-state index contributed by atoms with van der Waals surface area (Å²) in [5, 5.41) is 3.34. The van der Waals surface area contributed by atoms with Crippen LogP contribution < -0.4 is 15.9 Å². The van der Waals surface area contributed by atoms with Gasteiger partial charge in [0.15, 0.2) is 0 Å². The Bertz CT molecular complexity index is 1370. The molecule has 1 fully saturated rings. The van der Waals surface area contributed by atoms with Gasteiger partial charge in [-0.15, -0.1) is 0 Å². The Balaban J connectivity index is 1.28. The topological polar surface area (TPSA) is 98.6 Å². The molecule has 1 aliphatic rings. The van der Waals surface area contributed by atoms with Gasteiger partial charge >= 0.3 is 5.69 Å². The summed E-state index contributed by atoms with van der Waals surface area (Å²) >= 11 is 0. The number of benzene rings is 1. The van der Waals surface area contributed by atoms with Crippen molar-refractivity contribution in [2.24, 2.45) is 0 Å². The number of fused-ring (bicyclic) bond motifs is 3. The van der Waals surface area contributed by atoms with E-state index in [0.29, 0.717) is 24.4 Å². The summed E-state index contributed by atoms with van der Waals surface area (Å²) in [4.78, 5) is 39.1. The van der Waals surface area contributed by atoms with Gasteiger partial charge in [0, 0.05) is 57.6 Å². The lowest BCUT2D eigenvalue weighted by atomic mass is 10.1. The van der Waals surface area contributed by atoms with Crippen molar-refractivity contribution in [2.45, 2.75) is 6.54 Å². The molecule has 1 saturated heterocycles. The monoisotopic (exact) mass is 435 g/mol. The van der Waals surface area contributed by atoms with Crippen LogP contribution in [0.4, 0.5) is 10.1 Å². The van der Waals surface area contributed by atoms with E-state index >= 15 is 0 Å². The summed E-state index contributed by atoms with van der Waals surface area (Å²) in [6, 6.07) is 9.16. The van der Waals surface area contributed by atoms with Crippen molar-refractivity contribution < 1.29 is 9.18 Å². The first-order valence-corrected chi connectivity index (χ1v) is 10.4. The number of carbonyl (C=O) groups is 1. The second-order valence-corrected chi connectivity index (χ2v) is 7.78. The Morgan fingerprint density at radius 2 is 2.00 bits per heavy atom. The molecule has 0 aliphatic carbocycles. The highest BCUT2D eigenvalue weighted by Gasteiger charge is 2.21. The van der Waals surface area contributed by atoms with Gasteiger partial charge in [0.25, 0.3) is 5.91 Å². The maximum absolute atomic E-state index is 14.5. The van der Waals surface area contributed by atoms with E-state index in [1.54, 1.807) is 18.5 Å². The fourth-order valence-electron chi connectivity index (χ4n) is 4.15. The molecule has 4 aromatic rings. The summed E-state index contributed by atoms with van der Waals surface area (Å²) in [6.45, 7) is 3.53. The van der Waals surface area contributed by atoms with Gasteiger partial charge in [-0.05, 0) is 29.8 Å². The molecule has 5 rings (SSSR count). The molecule has 1 aromatic carbocycles.